The molecule has 0 bridgehead atoms. The number of fused-ring (bicyclic) bond motifs is 1. The second kappa shape index (κ2) is 4.94. The van der Waals surface area contributed by atoms with Crippen LogP contribution >= 0.6 is 0 Å². The van der Waals surface area contributed by atoms with E-state index in [0.717, 1.165) is 25.0 Å². The first kappa shape index (κ1) is 11.5. The highest BCUT2D eigenvalue weighted by Gasteiger charge is 2.29. The second-order valence-electron chi connectivity index (χ2n) is 4.80. The van der Waals surface area contributed by atoms with E-state index in [4.69, 9.17) is 4.74 Å². The lowest BCUT2D eigenvalue weighted by Gasteiger charge is -2.36. The van der Waals surface area contributed by atoms with Crippen molar-refractivity contribution in [1.29, 1.82) is 0 Å². The summed E-state index contributed by atoms with van der Waals surface area (Å²) in [5, 5.41) is 4.73. The molecule has 0 spiro atoms. The van der Waals surface area contributed by atoms with Gasteiger partial charge in [0, 0.05) is 29.9 Å². The summed E-state index contributed by atoms with van der Waals surface area (Å²) in [5.41, 5.74) is 2.22. The molecule has 3 heteroatoms. The predicted octanol–water partition coefficient (Wildman–Crippen LogP) is 3.21. The highest BCUT2D eigenvalue weighted by Crippen LogP contribution is 2.27. The van der Waals surface area contributed by atoms with Crippen molar-refractivity contribution in [2.24, 2.45) is 0 Å². The van der Waals surface area contributed by atoms with E-state index in [1.54, 1.807) is 0 Å². The van der Waals surface area contributed by atoms with Crippen molar-refractivity contribution in [2.45, 2.75) is 31.9 Å². The van der Waals surface area contributed by atoms with Gasteiger partial charge in [-0.3, -0.25) is 4.98 Å². The van der Waals surface area contributed by atoms with Crippen LogP contribution in [-0.2, 0) is 4.74 Å². The van der Waals surface area contributed by atoms with Gasteiger partial charge in [-0.15, -0.1) is 0 Å². The number of anilines is 1. The van der Waals surface area contributed by atoms with Crippen molar-refractivity contribution >= 4 is 16.6 Å². The molecule has 1 heterocycles. The summed E-state index contributed by atoms with van der Waals surface area (Å²) in [7, 11) is 0. The van der Waals surface area contributed by atoms with E-state index in [1.807, 2.05) is 12.3 Å². The first-order chi connectivity index (χ1) is 8.85. The van der Waals surface area contributed by atoms with E-state index in [2.05, 4.69) is 41.5 Å². The fourth-order valence-electron chi connectivity index (χ4n) is 2.46. The fraction of sp³-hybridized carbons (Fsp3) is 0.400. The lowest BCUT2D eigenvalue weighted by molar-refractivity contribution is 0.00300. The molecule has 0 aliphatic heterocycles. The Morgan fingerprint density at radius 3 is 3.06 bits per heavy atom. The third kappa shape index (κ3) is 2.31. The Kier molecular flexibility index (Phi) is 3.15. The molecule has 1 fully saturated rings. The van der Waals surface area contributed by atoms with E-state index in [1.165, 1.54) is 11.1 Å². The summed E-state index contributed by atoms with van der Waals surface area (Å²) in [6, 6.07) is 10.9. The monoisotopic (exact) mass is 242 g/mol. The summed E-state index contributed by atoms with van der Waals surface area (Å²) in [5.74, 6) is 0. The largest absolute Gasteiger partial charge is 0.382 e. The van der Waals surface area contributed by atoms with Crippen LogP contribution in [0.4, 0.5) is 5.69 Å². The molecule has 2 aromatic rings. The van der Waals surface area contributed by atoms with Gasteiger partial charge in [0.2, 0.25) is 0 Å². The first-order valence-corrected chi connectivity index (χ1v) is 6.58. The SMILES string of the molecule is CCOC1CC(Nc2ccc3ncccc3c2)C1. The predicted molar refractivity (Wildman–Crippen MR) is 73.8 cm³/mol. The minimum atomic E-state index is 0.453. The van der Waals surface area contributed by atoms with Gasteiger partial charge in [0.1, 0.15) is 0 Å². The summed E-state index contributed by atoms with van der Waals surface area (Å²) in [4.78, 5) is 4.32. The number of rotatable bonds is 4. The number of benzene rings is 1. The van der Waals surface area contributed by atoms with E-state index >= 15 is 0 Å². The van der Waals surface area contributed by atoms with Gasteiger partial charge in [0.25, 0.3) is 0 Å². The normalized spacial score (nSPS) is 22.7. The van der Waals surface area contributed by atoms with Crippen molar-refractivity contribution in [2.75, 3.05) is 11.9 Å². The maximum absolute atomic E-state index is 5.57. The number of nitrogens with zero attached hydrogens (tertiary/aromatic N) is 1. The van der Waals surface area contributed by atoms with Crippen molar-refractivity contribution in [3.63, 3.8) is 0 Å². The molecule has 3 nitrogen and oxygen atoms in total. The van der Waals surface area contributed by atoms with Crippen molar-refractivity contribution in [1.82, 2.24) is 4.98 Å². The average Bonchev–Trinajstić information content (AvgIpc) is 2.36. The van der Waals surface area contributed by atoms with Crippen LogP contribution < -0.4 is 5.32 Å². The maximum Gasteiger partial charge on any atom is 0.0703 e. The van der Waals surface area contributed by atoms with Crippen LogP contribution in [0.2, 0.25) is 0 Å². The number of hydrogen-bond acceptors (Lipinski definition) is 3. The van der Waals surface area contributed by atoms with Crippen LogP contribution in [0.25, 0.3) is 10.9 Å². The molecule has 1 N–H and O–H groups in total. The minimum Gasteiger partial charge on any atom is -0.382 e. The third-order valence-corrected chi connectivity index (χ3v) is 3.47. The standard InChI is InChI=1S/C15H18N2O/c1-2-18-14-9-13(10-14)17-12-5-6-15-11(8-12)4-3-7-16-15/h3-8,13-14,17H,2,9-10H2,1H3. The van der Waals surface area contributed by atoms with Crippen LogP contribution in [0.15, 0.2) is 36.5 Å². The van der Waals surface area contributed by atoms with E-state index in [-0.39, 0.29) is 0 Å². The van der Waals surface area contributed by atoms with Crippen LogP contribution in [0.3, 0.4) is 0 Å². The van der Waals surface area contributed by atoms with Crippen LogP contribution in [0.1, 0.15) is 19.8 Å². The summed E-state index contributed by atoms with van der Waals surface area (Å²) in [6.45, 7) is 2.87. The van der Waals surface area contributed by atoms with Crippen LogP contribution in [0, 0.1) is 0 Å². The lowest BCUT2D eigenvalue weighted by Crippen LogP contribution is -2.40. The molecule has 0 amide bonds. The Balaban J connectivity index is 1.65. The van der Waals surface area contributed by atoms with E-state index < -0.39 is 0 Å². The molecule has 94 valence electrons. The zero-order valence-corrected chi connectivity index (χ0v) is 10.6. The van der Waals surface area contributed by atoms with Crippen LogP contribution in [0.5, 0.6) is 0 Å². The Morgan fingerprint density at radius 2 is 2.22 bits per heavy atom. The summed E-state index contributed by atoms with van der Waals surface area (Å²) < 4.78 is 5.57. The number of ether oxygens (including phenoxy) is 1. The first-order valence-electron chi connectivity index (χ1n) is 6.58. The second-order valence-corrected chi connectivity index (χ2v) is 4.80. The molecule has 1 aliphatic carbocycles. The van der Waals surface area contributed by atoms with Gasteiger partial charge in [-0.25, -0.2) is 0 Å². The molecule has 0 unspecified atom stereocenters. The van der Waals surface area contributed by atoms with Gasteiger partial charge in [-0.2, -0.15) is 0 Å². The zero-order valence-electron chi connectivity index (χ0n) is 10.6. The van der Waals surface area contributed by atoms with Gasteiger partial charge in [0.05, 0.1) is 11.6 Å². The van der Waals surface area contributed by atoms with Crippen LogP contribution in [-0.4, -0.2) is 23.7 Å². The van der Waals surface area contributed by atoms with Crippen molar-refractivity contribution < 1.29 is 4.74 Å². The Bertz CT molecular complexity index is 535. The van der Waals surface area contributed by atoms with Crippen molar-refractivity contribution in [3.8, 4) is 0 Å². The molecule has 1 aliphatic rings. The molecule has 1 saturated carbocycles. The van der Waals surface area contributed by atoms with E-state index in [0.29, 0.717) is 12.1 Å². The lowest BCUT2D eigenvalue weighted by atomic mass is 9.89. The molecule has 0 radical (unpaired) electrons. The molecule has 3 rings (SSSR count). The molecular weight excluding hydrogens is 224 g/mol. The van der Waals surface area contributed by atoms with Crippen molar-refractivity contribution in [3.05, 3.63) is 36.5 Å². The van der Waals surface area contributed by atoms with Gasteiger partial charge in [0.15, 0.2) is 0 Å². The number of pyridine rings is 1. The molecular formula is C15H18N2O. The highest BCUT2D eigenvalue weighted by atomic mass is 16.5. The van der Waals surface area contributed by atoms with Gasteiger partial charge >= 0.3 is 0 Å². The minimum absolute atomic E-state index is 0.453. The Morgan fingerprint density at radius 1 is 1.33 bits per heavy atom. The van der Waals surface area contributed by atoms with E-state index in [9.17, 15) is 0 Å². The molecule has 1 aromatic carbocycles. The molecule has 0 saturated heterocycles. The molecule has 1 aromatic heterocycles. The quantitative estimate of drug-likeness (QED) is 0.894. The molecule has 0 atom stereocenters. The smallest absolute Gasteiger partial charge is 0.0703 e. The average molecular weight is 242 g/mol. The Labute approximate surface area is 107 Å². The molecule has 18 heavy (non-hydrogen) atoms. The highest BCUT2D eigenvalue weighted by molar-refractivity contribution is 5.82. The maximum atomic E-state index is 5.57. The van der Waals surface area contributed by atoms with Gasteiger partial charge < -0.3 is 10.1 Å². The zero-order chi connectivity index (χ0) is 12.4. The number of nitrogens with one attached hydrogen (secondary N) is 1. The number of aromatic nitrogens is 1. The van der Waals surface area contributed by atoms with Gasteiger partial charge in [-0.05, 0) is 44.0 Å². The fourth-order valence-corrected chi connectivity index (χ4v) is 2.46. The topological polar surface area (TPSA) is 34.1 Å². The Hall–Kier alpha value is -1.61. The number of hydrogen-bond donors (Lipinski definition) is 1. The third-order valence-electron chi connectivity index (χ3n) is 3.47. The summed E-state index contributed by atoms with van der Waals surface area (Å²) >= 11 is 0. The summed E-state index contributed by atoms with van der Waals surface area (Å²) in [6.07, 6.45) is 4.50. The van der Waals surface area contributed by atoms with Gasteiger partial charge in [-0.1, -0.05) is 6.07 Å².